The highest BCUT2D eigenvalue weighted by Gasteiger charge is 2.30. The van der Waals surface area contributed by atoms with Gasteiger partial charge in [-0.1, -0.05) is 57.0 Å². The standard InChI is InChI=1S/C26H31N3O3/c1-18(2)17-29-25(30)22-10-7-6-9-21(22)24(27-29)26(31)28-16-8-4-5-11-23(28)19-12-14-20(32-3)15-13-19/h6-7,9-10,12-15,18,23H,4-5,8,11,16-17H2,1-3H3. The van der Waals surface area contributed by atoms with E-state index in [-0.39, 0.29) is 23.4 Å². The molecule has 1 unspecified atom stereocenters. The lowest BCUT2D eigenvalue weighted by Gasteiger charge is -2.31. The number of ether oxygens (including phenoxy) is 1. The van der Waals surface area contributed by atoms with Gasteiger partial charge in [-0.05, 0) is 42.5 Å². The number of carbonyl (C=O) groups excluding carboxylic acids is 1. The van der Waals surface area contributed by atoms with Crippen molar-refractivity contribution in [3.63, 3.8) is 0 Å². The van der Waals surface area contributed by atoms with Crippen molar-refractivity contribution in [3.8, 4) is 5.75 Å². The Hall–Kier alpha value is -3.15. The molecular formula is C26H31N3O3. The molecule has 3 aromatic rings. The zero-order valence-corrected chi connectivity index (χ0v) is 19.1. The van der Waals surface area contributed by atoms with E-state index >= 15 is 0 Å². The summed E-state index contributed by atoms with van der Waals surface area (Å²) in [5.74, 6) is 0.935. The van der Waals surface area contributed by atoms with Crippen molar-refractivity contribution in [3.05, 3.63) is 70.1 Å². The predicted molar refractivity (Wildman–Crippen MR) is 126 cm³/mol. The number of likely N-dealkylation sites (tertiary alicyclic amines) is 1. The maximum atomic E-state index is 13.9. The van der Waals surface area contributed by atoms with Gasteiger partial charge in [0, 0.05) is 18.5 Å². The second kappa shape index (κ2) is 9.55. The molecule has 168 valence electrons. The third kappa shape index (κ3) is 4.40. The van der Waals surface area contributed by atoms with Crippen molar-refractivity contribution in [1.82, 2.24) is 14.7 Å². The van der Waals surface area contributed by atoms with Gasteiger partial charge in [0.2, 0.25) is 0 Å². The van der Waals surface area contributed by atoms with Crippen LogP contribution >= 0.6 is 0 Å². The molecule has 4 rings (SSSR count). The van der Waals surface area contributed by atoms with Crippen LogP contribution in [0.1, 0.15) is 61.6 Å². The fourth-order valence-corrected chi connectivity index (χ4v) is 4.52. The van der Waals surface area contributed by atoms with Gasteiger partial charge in [0.1, 0.15) is 5.75 Å². The highest BCUT2D eigenvalue weighted by Crippen LogP contribution is 2.32. The lowest BCUT2D eigenvalue weighted by Crippen LogP contribution is -2.37. The van der Waals surface area contributed by atoms with Crippen molar-refractivity contribution in [1.29, 1.82) is 0 Å². The van der Waals surface area contributed by atoms with Gasteiger partial charge in [-0.15, -0.1) is 0 Å². The number of nitrogens with zero attached hydrogens (tertiary/aromatic N) is 3. The maximum absolute atomic E-state index is 13.9. The molecule has 1 saturated heterocycles. The second-order valence-corrected chi connectivity index (χ2v) is 8.91. The Morgan fingerprint density at radius 2 is 1.78 bits per heavy atom. The number of rotatable bonds is 5. The number of benzene rings is 2. The number of carbonyl (C=O) groups is 1. The smallest absolute Gasteiger partial charge is 0.275 e. The first kappa shape index (κ1) is 22.1. The summed E-state index contributed by atoms with van der Waals surface area (Å²) >= 11 is 0. The van der Waals surface area contributed by atoms with Crippen LogP contribution in [0.15, 0.2) is 53.3 Å². The zero-order valence-electron chi connectivity index (χ0n) is 19.1. The maximum Gasteiger partial charge on any atom is 0.275 e. The van der Waals surface area contributed by atoms with Crippen molar-refractivity contribution >= 4 is 16.7 Å². The number of hydrogen-bond donors (Lipinski definition) is 0. The van der Waals surface area contributed by atoms with Gasteiger partial charge in [-0.3, -0.25) is 9.59 Å². The minimum atomic E-state index is -0.145. The van der Waals surface area contributed by atoms with E-state index in [1.54, 1.807) is 13.2 Å². The summed E-state index contributed by atoms with van der Waals surface area (Å²) in [6.07, 6.45) is 4.03. The van der Waals surface area contributed by atoms with Crippen molar-refractivity contribution < 1.29 is 9.53 Å². The largest absolute Gasteiger partial charge is 0.497 e. The minimum absolute atomic E-state index is 0.0260. The second-order valence-electron chi connectivity index (χ2n) is 8.91. The molecule has 0 N–H and O–H groups in total. The van der Waals surface area contributed by atoms with Crippen LogP contribution in [0.25, 0.3) is 10.8 Å². The highest BCUT2D eigenvalue weighted by molar-refractivity contribution is 6.05. The summed E-state index contributed by atoms with van der Waals surface area (Å²) in [5.41, 5.74) is 1.32. The lowest BCUT2D eigenvalue weighted by molar-refractivity contribution is 0.0674. The monoisotopic (exact) mass is 433 g/mol. The van der Waals surface area contributed by atoms with Gasteiger partial charge in [0.25, 0.3) is 11.5 Å². The molecule has 2 heterocycles. The Bertz CT molecular complexity index is 1150. The predicted octanol–water partition coefficient (Wildman–Crippen LogP) is 4.82. The van der Waals surface area contributed by atoms with E-state index in [1.165, 1.54) is 4.68 Å². The summed E-state index contributed by atoms with van der Waals surface area (Å²) < 4.78 is 6.76. The van der Waals surface area contributed by atoms with Crippen molar-refractivity contribution in [2.24, 2.45) is 5.92 Å². The van der Waals surface area contributed by atoms with E-state index < -0.39 is 0 Å². The van der Waals surface area contributed by atoms with Crippen LogP contribution < -0.4 is 10.3 Å². The van der Waals surface area contributed by atoms with Gasteiger partial charge in [-0.25, -0.2) is 4.68 Å². The van der Waals surface area contributed by atoms with Crippen LogP contribution in [0.5, 0.6) is 5.75 Å². The zero-order chi connectivity index (χ0) is 22.7. The molecule has 6 nitrogen and oxygen atoms in total. The molecule has 0 spiro atoms. The Labute approximate surface area is 188 Å². The Balaban J connectivity index is 1.80. The summed E-state index contributed by atoms with van der Waals surface area (Å²) in [7, 11) is 1.65. The summed E-state index contributed by atoms with van der Waals surface area (Å²) in [4.78, 5) is 28.9. The van der Waals surface area contributed by atoms with Crippen LogP contribution in [0.3, 0.4) is 0 Å². The van der Waals surface area contributed by atoms with E-state index in [2.05, 4.69) is 5.10 Å². The first-order valence-electron chi connectivity index (χ1n) is 11.4. The molecule has 0 aliphatic carbocycles. The third-order valence-electron chi connectivity index (χ3n) is 6.12. The van der Waals surface area contributed by atoms with E-state index in [1.807, 2.05) is 61.2 Å². The first-order valence-corrected chi connectivity index (χ1v) is 11.4. The molecule has 1 aromatic heterocycles. The molecular weight excluding hydrogens is 402 g/mol. The van der Waals surface area contributed by atoms with E-state index in [4.69, 9.17) is 4.74 Å². The van der Waals surface area contributed by atoms with Crippen LogP contribution in [0.2, 0.25) is 0 Å². The molecule has 1 aliphatic heterocycles. The fourth-order valence-electron chi connectivity index (χ4n) is 4.52. The van der Waals surface area contributed by atoms with Crippen LogP contribution in [0.4, 0.5) is 0 Å². The minimum Gasteiger partial charge on any atom is -0.497 e. The Morgan fingerprint density at radius 3 is 2.47 bits per heavy atom. The Morgan fingerprint density at radius 1 is 1.06 bits per heavy atom. The molecule has 2 aromatic carbocycles. The average molecular weight is 434 g/mol. The van der Waals surface area contributed by atoms with E-state index in [9.17, 15) is 9.59 Å². The third-order valence-corrected chi connectivity index (χ3v) is 6.12. The van der Waals surface area contributed by atoms with E-state index in [0.717, 1.165) is 37.0 Å². The lowest BCUT2D eigenvalue weighted by atomic mass is 10.00. The quantitative estimate of drug-likeness (QED) is 0.579. The topological polar surface area (TPSA) is 64.4 Å². The molecule has 0 radical (unpaired) electrons. The normalized spacial score (nSPS) is 16.9. The molecule has 1 amide bonds. The number of methoxy groups -OCH3 is 1. The van der Waals surface area contributed by atoms with Crippen molar-refractivity contribution in [2.75, 3.05) is 13.7 Å². The van der Waals surface area contributed by atoms with Gasteiger partial charge in [-0.2, -0.15) is 5.10 Å². The number of aromatic nitrogens is 2. The molecule has 6 heteroatoms. The van der Waals surface area contributed by atoms with Gasteiger partial charge in [0.05, 0.1) is 18.5 Å². The SMILES string of the molecule is COc1ccc(C2CCCCCN2C(=O)c2nn(CC(C)C)c(=O)c3ccccc23)cc1. The van der Waals surface area contributed by atoms with Crippen LogP contribution in [0, 0.1) is 5.92 Å². The average Bonchev–Trinajstić information content (AvgIpc) is 3.06. The first-order chi connectivity index (χ1) is 15.5. The van der Waals surface area contributed by atoms with Gasteiger partial charge >= 0.3 is 0 Å². The van der Waals surface area contributed by atoms with Gasteiger partial charge < -0.3 is 9.64 Å². The summed E-state index contributed by atoms with van der Waals surface area (Å²) in [5, 5.41) is 5.76. The van der Waals surface area contributed by atoms with Crippen molar-refractivity contribution in [2.45, 2.75) is 52.1 Å². The molecule has 0 bridgehead atoms. The molecule has 1 fully saturated rings. The Kier molecular flexibility index (Phi) is 6.58. The molecule has 0 saturated carbocycles. The van der Waals surface area contributed by atoms with Crippen LogP contribution in [-0.4, -0.2) is 34.2 Å². The number of fused-ring (bicyclic) bond motifs is 1. The molecule has 32 heavy (non-hydrogen) atoms. The fraction of sp³-hybridized carbons (Fsp3) is 0.423. The number of amides is 1. The molecule has 1 atom stereocenters. The summed E-state index contributed by atoms with van der Waals surface area (Å²) in [6.45, 7) is 5.24. The van der Waals surface area contributed by atoms with E-state index in [0.29, 0.717) is 29.6 Å². The summed E-state index contributed by atoms with van der Waals surface area (Å²) in [6, 6.07) is 15.3. The number of hydrogen-bond acceptors (Lipinski definition) is 4. The van der Waals surface area contributed by atoms with Crippen LogP contribution in [-0.2, 0) is 6.54 Å². The van der Waals surface area contributed by atoms with Gasteiger partial charge in [0.15, 0.2) is 5.69 Å². The highest BCUT2D eigenvalue weighted by atomic mass is 16.5. The molecule has 1 aliphatic rings.